The minimum absolute atomic E-state index is 0.270. The Kier molecular flexibility index (Phi) is 5.95. The minimum Gasteiger partial charge on any atom is -0.493 e. The summed E-state index contributed by atoms with van der Waals surface area (Å²) in [7, 11) is 0. The van der Waals surface area contributed by atoms with Crippen LogP contribution in [0.25, 0.3) is 0 Å². The number of carbonyl (C=O) groups excluding carboxylic acids is 1. The standard InChI is InChI=1S/C19H23N3O2/c1-13(2)12-24-18-9-7-15(8-10-18)19(23)22-21-14(3)16-5-4-6-17(20)11-16/h4-11,13H,12,20H2,1-3H3,(H,22,23). The fraction of sp³-hybridized carbons (Fsp3) is 0.263. The molecule has 0 fully saturated rings. The minimum atomic E-state index is -0.270. The third kappa shape index (κ3) is 5.12. The molecule has 2 rings (SSSR count). The SMILES string of the molecule is CC(=NNC(=O)c1ccc(OCC(C)C)cc1)c1cccc(N)c1. The Morgan fingerprint density at radius 2 is 1.88 bits per heavy atom. The fourth-order valence-corrected chi connectivity index (χ4v) is 1.99. The summed E-state index contributed by atoms with van der Waals surface area (Å²) in [5.41, 5.74) is 11.0. The van der Waals surface area contributed by atoms with Gasteiger partial charge in [0.1, 0.15) is 5.75 Å². The van der Waals surface area contributed by atoms with Crippen molar-refractivity contribution in [3.63, 3.8) is 0 Å². The Balaban J connectivity index is 1.98. The normalized spacial score (nSPS) is 11.4. The summed E-state index contributed by atoms with van der Waals surface area (Å²) in [5, 5.41) is 4.12. The lowest BCUT2D eigenvalue weighted by Crippen LogP contribution is -2.19. The second kappa shape index (κ2) is 8.15. The van der Waals surface area contributed by atoms with Gasteiger partial charge in [0.2, 0.25) is 0 Å². The number of benzene rings is 2. The van der Waals surface area contributed by atoms with E-state index in [1.807, 2.05) is 25.1 Å². The molecule has 2 aromatic carbocycles. The summed E-state index contributed by atoms with van der Waals surface area (Å²) in [6.07, 6.45) is 0. The van der Waals surface area contributed by atoms with Gasteiger partial charge in [0.15, 0.2) is 0 Å². The van der Waals surface area contributed by atoms with E-state index in [2.05, 4.69) is 24.4 Å². The molecule has 0 aliphatic rings. The summed E-state index contributed by atoms with van der Waals surface area (Å²) in [6, 6.07) is 14.4. The molecule has 0 saturated heterocycles. The van der Waals surface area contributed by atoms with Crippen LogP contribution in [0, 0.1) is 5.92 Å². The molecule has 0 aliphatic carbocycles. The van der Waals surface area contributed by atoms with Crippen LogP contribution in [0.5, 0.6) is 5.75 Å². The van der Waals surface area contributed by atoms with Gasteiger partial charge in [-0.25, -0.2) is 5.43 Å². The topological polar surface area (TPSA) is 76.7 Å². The van der Waals surface area contributed by atoms with Crippen molar-refractivity contribution in [2.24, 2.45) is 11.0 Å². The Morgan fingerprint density at radius 1 is 1.17 bits per heavy atom. The Labute approximate surface area is 142 Å². The zero-order chi connectivity index (χ0) is 17.5. The highest BCUT2D eigenvalue weighted by Gasteiger charge is 2.06. The highest BCUT2D eigenvalue weighted by molar-refractivity contribution is 6.01. The Bertz CT molecular complexity index is 722. The maximum absolute atomic E-state index is 12.1. The molecule has 24 heavy (non-hydrogen) atoms. The summed E-state index contributed by atoms with van der Waals surface area (Å²) in [5.74, 6) is 0.936. The van der Waals surface area contributed by atoms with E-state index in [0.29, 0.717) is 29.5 Å². The van der Waals surface area contributed by atoms with Crippen LogP contribution in [-0.2, 0) is 0 Å². The van der Waals surface area contributed by atoms with Crippen LogP contribution in [0.15, 0.2) is 53.6 Å². The van der Waals surface area contributed by atoms with Gasteiger partial charge in [-0.15, -0.1) is 0 Å². The van der Waals surface area contributed by atoms with Gasteiger partial charge in [-0.3, -0.25) is 4.79 Å². The summed E-state index contributed by atoms with van der Waals surface area (Å²) >= 11 is 0. The van der Waals surface area contributed by atoms with Crippen LogP contribution in [0.2, 0.25) is 0 Å². The molecule has 0 radical (unpaired) electrons. The van der Waals surface area contributed by atoms with Gasteiger partial charge in [-0.05, 0) is 54.8 Å². The van der Waals surface area contributed by atoms with Gasteiger partial charge in [-0.1, -0.05) is 26.0 Å². The molecule has 126 valence electrons. The maximum atomic E-state index is 12.1. The van der Waals surface area contributed by atoms with E-state index in [9.17, 15) is 4.79 Å². The number of hydrogen-bond acceptors (Lipinski definition) is 4. The van der Waals surface area contributed by atoms with Crippen molar-refractivity contribution in [3.05, 3.63) is 59.7 Å². The average molecular weight is 325 g/mol. The largest absolute Gasteiger partial charge is 0.493 e. The number of amides is 1. The van der Waals surface area contributed by atoms with Gasteiger partial charge in [-0.2, -0.15) is 5.10 Å². The van der Waals surface area contributed by atoms with Gasteiger partial charge < -0.3 is 10.5 Å². The molecule has 0 aromatic heterocycles. The zero-order valence-corrected chi connectivity index (χ0v) is 14.2. The molecular formula is C19H23N3O2. The van der Waals surface area contributed by atoms with Crippen LogP contribution >= 0.6 is 0 Å². The molecule has 5 heteroatoms. The van der Waals surface area contributed by atoms with Crippen molar-refractivity contribution in [2.45, 2.75) is 20.8 Å². The number of hydrazone groups is 1. The number of anilines is 1. The van der Waals surface area contributed by atoms with E-state index in [4.69, 9.17) is 10.5 Å². The van der Waals surface area contributed by atoms with Crippen molar-refractivity contribution < 1.29 is 9.53 Å². The van der Waals surface area contributed by atoms with Crippen molar-refractivity contribution in [1.82, 2.24) is 5.43 Å². The molecule has 0 aliphatic heterocycles. The van der Waals surface area contributed by atoms with Gasteiger partial charge >= 0.3 is 0 Å². The number of nitrogens with two attached hydrogens (primary N) is 1. The van der Waals surface area contributed by atoms with Crippen molar-refractivity contribution in [3.8, 4) is 5.75 Å². The molecular weight excluding hydrogens is 302 g/mol. The second-order valence-electron chi connectivity index (χ2n) is 5.99. The van der Waals surface area contributed by atoms with Crippen LogP contribution in [-0.4, -0.2) is 18.2 Å². The first-order valence-corrected chi connectivity index (χ1v) is 7.89. The van der Waals surface area contributed by atoms with Crippen molar-refractivity contribution in [1.29, 1.82) is 0 Å². The predicted molar refractivity (Wildman–Crippen MR) is 97.3 cm³/mol. The van der Waals surface area contributed by atoms with E-state index in [-0.39, 0.29) is 5.91 Å². The highest BCUT2D eigenvalue weighted by Crippen LogP contribution is 2.13. The first-order valence-electron chi connectivity index (χ1n) is 7.89. The maximum Gasteiger partial charge on any atom is 0.271 e. The van der Waals surface area contributed by atoms with E-state index in [0.717, 1.165) is 11.3 Å². The first kappa shape index (κ1) is 17.5. The first-order chi connectivity index (χ1) is 11.5. The number of nitrogen functional groups attached to an aromatic ring is 1. The van der Waals surface area contributed by atoms with E-state index < -0.39 is 0 Å². The summed E-state index contributed by atoms with van der Waals surface area (Å²) in [4.78, 5) is 12.1. The Morgan fingerprint density at radius 3 is 2.50 bits per heavy atom. The van der Waals surface area contributed by atoms with Crippen LogP contribution < -0.4 is 15.9 Å². The molecule has 0 heterocycles. The Hall–Kier alpha value is -2.82. The highest BCUT2D eigenvalue weighted by atomic mass is 16.5. The van der Waals surface area contributed by atoms with E-state index >= 15 is 0 Å². The molecule has 0 unspecified atom stereocenters. The molecule has 2 aromatic rings. The van der Waals surface area contributed by atoms with E-state index in [1.54, 1.807) is 30.3 Å². The van der Waals surface area contributed by atoms with Crippen LogP contribution in [0.1, 0.15) is 36.7 Å². The lowest BCUT2D eigenvalue weighted by Gasteiger charge is -2.09. The fourth-order valence-electron chi connectivity index (χ4n) is 1.99. The number of carbonyl (C=O) groups is 1. The number of hydrogen-bond donors (Lipinski definition) is 2. The zero-order valence-electron chi connectivity index (χ0n) is 14.2. The third-order valence-corrected chi connectivity index (χ3v) is 3.33. The molecule has 3 N–H and O–H groups in total. The smallest absolute Gasteiger partial charge is 0.271 e. The van der Waals surface area contributed by atoms with Crippen LogP contribution in [0.4, 0.5) is 5.69 Å². The van der Waals surface area contributed by atoms with Gasteiger partial charge in [0, 0.05) is 11.3 Å². The molecule has 0 atom stereocenters. The molecule has 0 spiro atoms. The molecule has 0 bridgehead atoms. The second-order valence-corrected chi connectivity index (χ2v) is 5.99. The lowest BCUT2D eigenvalue weighted by molar-refractivity contribution is 0.0955. The summed E-state index contributed by atoms with van der Waals surface area (Å²) < 4.78 is 5.60. The number of nitrogens with zero attached hydrogens (tertiary/aromatic N) is 1. The van der Waals surface area contributed by atoms with Gasteiger partial charge in [0.05, 0.1) is 12.3 Å². The monoisotopic (exact) mass is 325 g/mol. The number of ether oxygens (including phenoxy) is 1. The third-order valence-electron chi connectivity index (χ3n) is 3.33. The van der Waals surface area contributed by atoms with Crippen LogP contribution in [0.3, 0.4) is 0 Å². The van der Waals surface area contributed by atoms with Crippen molar-refractivity contribution in [2.75, 3.05) is 12.3 Å². The van der Waals surface area contributed by atoms with Crippen molar-refractivity contribution >= 4 is 17.3 Å². The van der Waals surface area contributed by atoms with Gasteiger partial charge in [0.25, 0.3) is 5.91 Å². The number of nitrogens with one attached hydrogen (secondary N) is 1. The average Bonchev–Trinajstić information content (AvgIpc) is 2.58. The lowest BCUT2D eigenvalue weighted by atomic mass is 10.1. The number of rotatable bonds is 6. The molecule has 1 amide bonds. The van der Waals surface area contributed by atoms with E-state index in [1.165, 1.54) is 0 Å². The molecule has 5 nitrogen and oxygen atoms in total. The summed E-state index contributed by atoms with van der Waals surface area (Å²) in [6.45, 7) is 6.64. The molecule has 0 saturated carbocycles. The predicted octanol–water partition coefficient (Wildman–Crippen LogP) is 3.46. The quantitative estimate of drug-likeness (QED) is 0.485.